The van der Waals surface area contributed by atoms with Gasteiger partial charge in [0.25, 0.3) is 0 Å². The summed E-state index contributed by atoms with van der Waals surface area (Å²) in [5, 5.41) is 4.58. The molecule has 0 spiro atoms. The zero-order chi connectivity index (χ0) is 14.8. The first-order valence-electron chi connectivity index (χ1n) is 6.35. The van der Waals surface area contributed by atoms with Crippen molar-refractivity contribution in [3.63, 3.8) is 0 Å². The van der Waals surface area contributed by atoms with Gasteiger partial charge in [-0.3, -0.25) is 4.98 Å². The molecule has 1 N–H and O–H groups in total. The van der Waals surface area contributed by atoms with Crippen molar-refractivity contribution in [3.8, 4) is 0 Å². The third-order valence-electron chi connectivity index (χ3n) is 3.13. The first-order valence-corrected chi connectivity index (χ1v) is 6.73. The number of pyridine rings is 1. The molecule has 0 saturated heterocycles. The molecule has 0 saturated carbocycles. The molecule has 5 heteroatoms. The molecule has 21 heavy (non-hydrogen) atoms. The van der Waals surface area contributed by atoms with Crippen LogP contribution in [-0.4, -0.2) is 4.98 Å². The van der Waals surface area contributed by atoms with Crippen molar-refractivity contribution in [1.29, 1.82) is 0 Å². The first-order chi connectivity index (χ1) is 10.1. The van der Waals surface area contributed by atoms with Gasteiger partial charge in [0.1, 0.15) is 11.6 Å². The van der Waals surface area contributed by atoms with E-state index in [1.54, 1.807) is 12.3 Å². The van der Waals surface area contributed by atoms with Crippen LogP contribution in [0.5, 0.6) is 0 Å². The summed E-state index contributed by atoms with van der Waals surface area (Å²) >= 11 is 6.10. The van der Waals surface area contributed by atoms with Gasteiger partial charge in [-0.2, -0.15) is 0 Å². The van der Waals surface area contributed by atoms with Gasteiger partial charge in [-0.25, -0.2) is 8.78 Å². The van der Waals surface area contributed by atoms with Crippen molar-refractivity contribution < 1.29 is 8.78 Å². The van der Waals surface area contributed by atoms with Crippen LogP contribution in [-0.2, 0) is 6.54 Å². The number of fused-ring (bicyclic) bond motifs is 1. The van der Waals surface area contributed by atoms with Crippen LogP contribution >= 0.6 is 11.6 Å². The number of benzene rings is 2. The van der Waals surface area contributed by atoms with Crippen molar-refractivity contribution >= 4 is 28.2 Å². The average molecular weight is 305 g/mol. The molecule has 3 rings (SSSR count). The fourth-order valence-electron chi connectivity index (χ4n) is 2.20. The van der Waals surface area contributed by atoms with Gasteiger partial charge in [0.15, 0.2) is 0 Å². The Kier molecular flexibility index (Phi) is 3.71. The van der Waals surface area contributed by atoms with E-state index in [9.17, 15) is 8.78 Å². The largest absolute Gasteiger partial charge is 0.380 e. The SMILES string of the molecule is Fc1cc(F)cc(CNc2ccc(Cl)c3ncccc23)c1. The Hall–Kier alpha value is -2.20. The van der Waals surface area contributed by atoms with Crippen LogP contribution in [0.3, 0.4) is 0 Å². The molecule has 0 aliphatic heterocycles. The number of halogens is 3. The Labute approximate surface area is 125 Å². The van der Waals surface area contributed by atoms with Crippen molar-refractivity contribution in [1.82, 2.24) is 4.98 Å². The zero-order valence-corrected chi connectivity index (χ0v) is 11.7. The molecule has 0 atom stereocenters. The van der Waals surface area contributed by atoms with Gasteiger partial charge >= 0.3 is 0 Å². The van der Waals surface area contributed by atoms with E-state index in [-0.39, 0.29) is 0 Å². The normalized spacial score (nSPS) is 10.8. The highest BCUT2D eigenvalue weighted by Crippen LogP contribution is 2.28. The van der Waals surface area contributed by atoms with Gasteiger partial charge < -0.3 is 5.32 Å². The van der Waals surface area contributed by atoms with E-state index in [1.165, 1.54) is 12.1 Å². The van der Waals surface area contributed by atoms with Gasteiger partial charge in [-0.1, -0.05) is 11.6 Å². The summed E-state index contributed by atoms with van der Waals surface area (Å²) in [6.45, 7) is 0.306. The highest BCUT2D eigenvalue weighted by molar-refractivity contribution is 6.35. The highest BCUT2D eigenvalue weighted by atomic mass is 35.5. The minimum absolute atomic E-state index is 0.306. The standard InChI is InChI=1S/C16H11ClF2N2/c17-14-3-4-15(13-2-1-5-20-16(13)14)21-9-10-6-11(18)8-12(19)7-10/h1-8,21H,9H2. The molecule has 2 nitrogen and oxygen atoms in total. The van der Waals surface area contributed by atoms with E-state index < -0.39 is 11.6 Å². The molecule has 0 amide bonds. The fraction of sp³-hybridized carbons (Fsp3) is 0.0625. The maximum atomic E-state index is 13.2. The predicted molar refractivity (Wildman–Crippen MR) is 80.4 cm³/mol. The summed E-state index contributed by atoms with van der Waals surface area (Å²) in [4.78, 5) is 4.23. The minimum Gasteiger partial charge on any atom is -0.380 e. The molecule has 1 heterocycles. The molecule has 2 aromatic carbocycles. The van der Waals surface area contributed by atoms with Gasteiger partial charge in [-0.15, -0.1) is 0 Å². The lowest BCUT2D eigenvalue weighted by molar-refractivity contribution is 0.580. The fourth-order valence-corrected chi connectivity index (χ4v) is 2.42. The third kappa shape index (κ3) is 2.95. The molecule has 1 aromatic heterocycles. The third-order valence-corrected chi connectivity index (χ3v) is 3.43. The number of rotatable bonds is 3. The predicted octanol–water partition coefficient (Wildman–Crippen LogP) is 4.78. The summed E-state index contributed by atoms with van der Waals surface area (Å²) in [7, 11) is 0. The van der Waals surface area contributed by atoms with Crippen LogP contribution < -0.4 is 5.32 Å². The maximum Gasteiger partial charge on any atom is 0.126 e. The van der Waals surface area contributed by atoms with Crippen molar-refractivity contribution in [2.75, 3.05) is 5.32 Å². The van der Waals surface area contributed by atoms with Crippen LogP contribution in [0.25, 0.3) is 10.9 Å². The maximum absolute atomic E-state index is 13.2. The molecular formula is C16H11ClF2N2. The Bertz CT molecular complexity index is 785. The number of anilines is 1. The van der Waals surface area contributed by atoms with Crippen LogP contribution in [0.15, 0.2) is 48.7 Å². The average Bonchev–Trinajstić information content (AvgIpc) is 2.46. The van der Waals surface area contributed by atoms with E-state index >= 15 is 0 Å². The van der Waals surface area contributed by atoms with E-state index in [4.69, 9.17) is 11.6 Å². The van der Waals surface area contributed by atoms with E-state index in [0.717, 1.165) is 17.1 Å². The lowest BCUT2D eigenvalue weighted by Crippen LogP contribution is -2.01. The summed E-state index contributed by atoms with van der Waals surface area (Å²) in [6.07, 6.45) is 1.67. The Morgan fingerprint density at radius 1 is 1.05 bits per heavy atom. The highest BCUT2D eigenvalue weighted by Gasteiger charge is 2.06. The molecule has 0 bridgehead atoms. The monoisotopic (exact) mass is 304 g/mol. The first kappa shape index (κ1) is 13.8. The summed E-state index contributed by atoms with van der Waals surface area (Å²) < 4.78 is 26.3. The van der Waals surface area contributed by atoms with Crippen LogP contribution in [0, 0.1) is 11.6 Å². The number of nitrogens with zero attached hydrogens (tertiary/aromatic N) is 1. The van der Waals surface area contributed by atoms with E-state index in [1.807, 2.05) is 18.2 Å². The topological polar surface area (TPSA) is 24.9 Å². The lowest BCUT2D eigenvalue weighted by Gasteiger charge is -2.10. The Balaban J connectivity index is 1.90. The van der Waals surface area contributed by atoms with Crippen LogP contribution in [0.4, 0.5) is 14.5 Å². The Morgan fingerprint density at radius 2 is 1.81 bits per heavy atom. The molecule has 0 radical (unpaired) electrons. The van der Waals surface area contributed by atoms with Gasteiger partial charge in [0.2, 0.25) is 0 Å². The smallest absolute Gasteiger partial charge is 0.126 e. The molecule has 0 aliphatic rings. The molecule has 0 fully saturated rings. The van der Waals surface area contributed by atoms with E-state index in [0.29, 0.717) is 22.6 Å². The number of aromatic nitrogens is 1. The minimum atomic E-state index is -0.588. The van der Waals surface area contributed by atoms with Crippen LogP contribution in [0.1, 0.15) is 5.56 Å². The number of nitrogens with one attached hydrogen (secondary N) is 1. The second-order valence-electron chi connectivity index (χ2n) is 4.63. The van der Waals surface area contributed by atoms with Crippen molar-refractivity contribution in [3.05, 3.63) is 70.9 Å². The number of hydrogen-bond acceptors (Lipinski definition) is 2. The lowest BCUT2D eigenvalue weighted by atomic mass is 10.1. The molecule has 106 valence electrons. The van der Waals surface area contributed by atoms with Crippen molar-refractivity contribution in [2.24, 2.45) is 0 Å². The van der Waals surface area contributed by atoms with E-state index in [2.05, 4.69) is 10.3 Å². The van der Waals surface area contributed by atoms with Gasteiger partial charge in [0.05, 0.1) is 10.5 Å². The molecule has 0 unspecified atom stereocenters. The van der Waals surface area contributed by atoms with Gasteiger partial charge in [-0.05, 0) is 42.0 Å². The molecular weight excluding hydrogens is 294 g/mol. The van der Waals surface area contributed by atoms with Gasteiger partial charge in [0, 0.05) is 29.9 Å². The Morgan fingerprint density at radius 3 is 2.57 bits per heavy atom. The second-order valence-corrected chi connectivity index (χ2v) is 5.03. The van der Waals surface area contributed by atoms with Crippen LogP contribution in [0.2, 0.25) is 5.02 Å². The summed E-state index contributed by atoms with van der Waals surface area (Å²) in [6, 6.07) is 10.7. The number of hydrogen-bond donors (Lipinski definition) is 1. The van der Waals surface area contributed by atoms with Crippen molar-refractivity contribution in [2.45, 2.75) is 6.54 Å². The summed E-state index contributed by atoms with van der Waals surface area (Å²) in [5.74, 6) is -1.18. The second kappa shape index (κ2) is 5.66. The molecule has 3 aromatic rings. The molecule has 0 aliphatic carbocycles. The quantitative estimate of drug-likeness (QED) is 0.753. The zero-order valence-electron chi connectivity index (χ0n) is 10.9. The summed E-state index contributed by atoms with van der Waals surface area (Å²) in [5.41, 5.74) is 2.03.